The van der Waals surface area contributed by atoms with Crippen LogP contribution in [0.15, 0.2) is 35.2 Å². The molecule has 1 aliphatic rings. The van der Waals surface area contributed by atoms with Gasteiger partial charge in [-0.2, -0.15) is 0 Å². The average Bonchev–Trinajstić information content (AvgIpc) is 2.78. The topological polar surface area (TPSA) is 27.7 Å². The molecule has 30 heavy (non-hydrogen) atoms. The van der Waals surface area contributed by atoms with Gasteiger partial charge in [-0.1, -0.05) is 71.5 Å². The summed E-state index contributed by atoms with van der Waals surface area (Å²) in [6.07, 6.45) is 1.16. The van der Waals surface area contributed by atoms with Crippen molar-refractivity contribution >= 4 is 28.4 Å². The maximum absolute atomic E-state index is 7.10. The molecule has 0 radical (unpaired) electrons. The van der Waals surface area contributed by atoms with Crippen LogP contribution >= 0.6 is 11.8 Å². The molecule has 0 saturated carbocycles. The van der Waals surface area contributed by atoms with Crippen LogP contribution < -0.4 is 0 Å². The molecule has 0 N–H and O–H groups in total. The van der Waals surface area contributed by atoms with Crippen molar-refractivity contribution in [2.45, 2.75) is 120 Å². The Labute approximate surface area is 191 Å². The summed E-state index contributed by atoms with van der Waals surface area (Å²) >= 11 is 1.83. The SMILES string of the molecule is CC[Si](CC)(CC)O[C@H]1[C@H](C)O[C@H](Sc2ccccc2)C[C@@H]1O[Si](CC)(CC)CC. The average molecular weight is 469 g/mol. The van der Waals surface area contributed by atoms with Crippen LogP contribution in [0.3, 0.4) is 0 Å². The summed E-state index contributed by atoms with van der Waals surface area (Å²) in [5, 5.41) is 0. The van der Waals surface area contributed by atoms with Gasteiger partial charge in [0.15, 0.2) is 16.6 Å². The Hall–Kier alpha value is -0.116. The van der Waals surface area contributed by atoms with Crippen LogP contribution in [0.5, 0.6) is 0 Å². The van der Waals surface area contributed by atoms with E-state index in [4.69, 9.17) is 13.6 Å². The molecule has 6 heteroatoms. The standard InChI is InChI=1S/C24H44O3SSi2/c1-8-29(9-2,10-3)26-22-19-23(28-21-17-15-14-16-18-21)25-20(7)24(22)27-30(11-4,12-5)13-6/h14-18,20,22-24H,8-13,19H2,1-7H3/t20-,22-,23+,24-/m0/s1. The summed E-state index contributed by atoms with van der Waals surface area (Å²) in [6.45, 7) is 16.1. The van der Waals surface area contributed by atoms with Gasteiger partial charge >= 0.3 is 0 Å². The highest BCUT2D eigenvalue weighted by atomic mass is 32.2. The molecule has 4 atom stereocenters. The molecule has 2 rings (SSSR count). The van der Waals surface area contributed by atoms with Crippen LogP contribution in [0.4, 0.5) is 0 Å². The third kappa shape index (κ3) is 6.45. The predicted molar refractivity (Wildman–Crippen MR) is 135 cm³/mol. The Bertz CT molecular complexity index is 591. The predicted octanol–water partition coefficient (Wildman–Crippen LogP) is 7.69. The fourth-order valence-corrected chi connectivity index (χ4v) is 11.5. The van der Waals surface area contributed by atoms with E-state index in [1.807, 2.05) is 11.8 Å². The quantitative estimate of drug-likeness (QED) is 0.294. The largest absolute Gasteiger partial charge is 0.411 e. The minimum absolute atomic E-state index is 0.0544. The van der Waals surface area contributed by atoms with Crippen LogP contribution in [0.1, 0.15) is 54.9 Å². The van der Waals surface area contributed by atoms with Crippen molar-refractivity contribution in [3.63, 3.8) is 0 Å². The summed E-state index contributed by atoms with van der Waals surface area (Å²) in [5.74, 6) is 0. The van der Waals surface area contributed by atoms with E-state index < -0.39 is 16.6 Å². The zero-order valence-corrected chi connectivity index (χ0v) is 23.1. The number of rotatable bonds is 12. The minimum Gasteiger partial charge on any atom is -0.411 e. The van der Waals surface area contributed by atoms with Gasteiger partial charge < -0.3 is 13.6 Å². The number of hydrogen-bond donors (Lipinski definition) is 0. The molecule has 0 aromatic heterocycles. The molecular weight excluding hydrogens is 425 g/mol. The van der Waals surface area contributed by atoms with Crippen molar-refractivity contribution in [3.05, 3.63) is 30.3 Å². The second-order valence-corrected chi connectivity index (χ2v) is 19.3. The van der Waals surface area contributed by atoms with E-state index in [0.717, 1.165) is 24.6 Å². The van der Waals surface area contributed by atoms with Crippen LogP contribution in [0.2, 0.25) is 36.3 Å². The Morgan fingerprint density at radius 1 is 0.833 bits per heavy atom. The van der Waals surface area contributed by atoms with Crippen LogP contribution in [0.25, 0.3) is 0 Å². The molecule has 1 aliphatic heterocycles. The van der Waals surface area contributed by atoms with E-state index in [-0.39, 0.29) is 23.7 Å². The van der Waals surface area contributed by atoms with Gasteiger partial charge in [0.2, 0.25) is 0 Å². The highest BCUT2D eigenvalue weighted by molar-refractivity contribution is 7.99. The maximum atomic E-state index is 7.10. The monoisotopic (exact) mass is 468 g/mol. The fraction of sp³-hybridized carbons (Fsp3) is 0.750. The van der Waals surface area contributed by atoms with Gasteiger partial charge in [0.05, 0.1) is 18.3 Å². The molecule has 0 unspecified atom stereocenters. The van der Waals surface area contributed by atoms with Gasteiger partial charge in [0.25, 0.3) is 0 Å². The van der Waals surface area contributed by atoms with Gasteiger partial charge in [-0.25, -0.2) is 0 Å². The van der Waals surface area contributed by atoms with Gasteiger partial charge in [-0.05, 0) is 55.3 Å². The van der Waals surface area contributed by atoms with Crippen molar-refractivity contribution in [3.8, 4) is 0 Å². The minimum atomic E-state index is -1.74. The molecule has 1 aromatic carbocycles. The Morgan fingerprint density at radius 3 is 1.83 bits per heavy atom. The second-order valence-electron chi connectivity index (χ2n) is 8.66. The van der Waals surface area contributed by atoms with Crippen LogP contribution in [0, 0.1) is 0 Å². The van der Waals surface area contributed by atoms with E-state index in [2.05, 4.69) is 78.8 Å². The number of thioether (sulfide) groups is 1. The van der Waals surface area contributed by atoms with E-state index in [9.17, 15) is 0 Å². The van der Waals surface area contributed by atoms with Crippen molar-refractivity contribution in [2.75, 3.05) is 0 Å². The van der Waals surface area contributed by atoms with E-state index >= 15 is 0 Å². The first-order valence-corrected chi connectivity index (χ1v) is 18.1. The summed E-state index contributed by atoms with van der Waals surface area (Å²) in [7, 11) is -3.48. The maximum Gasteiger partial charge on any atom is 0.192 e. The summed E-state index contributed by atoms with van der Waals surface area (Å²) in [4.78, 5) is 1.26. The van der Waals surface area contributed by atoms with Gasteiger partial charge in [0.1, 0.15) is 5.44 Å². The smallest absolute Gasteiger partial charge is 0.192 e. The lowest BCUT2D eigenvalue weighted by atomic mass is 10.0. The highest BCUT2D eigenvalue weighted by Crippen LogP contribution is 2.39. The number of ether oxygens (including phenoxy) is 1. The van der Waals surface area contributed by atoms with Gasteiger partial charge in [-0.15, -0.1) is 0 Å². The molecule has 0 spiro atoms. The summed E-state index contributed by atoms with van der Waals surface area (Å²) in [6, 6.07) is 17.6. The van der Waals surface area contributed by atoms with Crippen LogP contribution in [-0.4, -0.2) is 40.4 Å². The molecule has 1 fully saturated rings. The molecule has 3 nitrogen and oxygen atoms in total. The van der Waals surface area contributed by atoms with Crippen molar-refractivity contribution in [1.29, 1.82) is 0 Å². The van der Waals surface area contributed by atoms with E-state index in [1.54, 1.807) is 0 Å². The van der Waals surface area contributed by atoms with E-state index in [1.165, 1.54) is 23.0 Å². The molecule has 172 valence electrons. The molecule has 1 heterocycles. The molecule has 0 bridgehead atoms. The van der Waals surface area contributed by atoms with Crippen molar-refractivity contribution in [2.24, 2.45) is 0 Å². The number of benzene rings is 1. The summed E-state index contributed by atoms with van der Waals surface area (Å²) in [5.41, 5.74) is 0.116. The van der Waals surface area contributed by atoms with Crippen molar-refractivity contribution < 1.29 is 13.6 Å². The Kier molecular flexibility index (Phi) is 10.6. The lowest BCUT2D eigenvalue weighted by molar-refractivity contribution is -0.126. The lowest BCUT2D eigenvalue weighted by Crippen LogP contribution is -2.57. The molecular formula is C24H44O3SSi2. The first kappa shape index (κ1) is 26.1. The Balaban J connectivity index is 2.27. The van der Waals surface area contributed by atoms with Gasteiger partial charge in [-0.3, -0.25) is 0 Å². The normalized spacial score (nSPS) is 25.4. The summed E-state index contributed by atoms with van der Waals surface area (Å²) < 4.78 is 20.7. The highest BCUT2D eigenvalue weighted by Gasteiger charge is 2.45. The zero-order valence-electron chi connectivity index (χ0n) is 20.3. The molecule has 0 amide bonds. The fourth-order valence-electron chi connectivity index (χ4n) is 4.62. The molecule has 1 aromatic rings. The molecule has 0 aliphatic carbocycles. The lowest BCUT2D eigenvalue weighted by Gasteiger charge is -2.47. The first-order chi connectivity index (χ1) is 14.4. The molecule has 1 saturated heterocycles. The zero-order chi connectivity index (χ0) is 22.2. The van der Waals surface area contributed by atoms with Gasteiger partial charge in [0, 0.05) is 11.3 Å². The second kappa shape index (κ2) is 12.2. The number of hydrogen-bond acceptors (Lipinski definition) is 4. The Morgan fingerprint density at radius 2 is 1.33 bits per heavy atom. The third-order valence-electron chi connectivity index (χ3n) is 7.28. The van der Waals surface area contributed by atoms with Crippen LogP contribution in [-0.2, 0) is 13.6 Å². The van der Waals surface area contributed by atoms with Crippen molar-refractivity contribution in [1.82, 2.24) is 0 Å². The van der Waals surface area contributed by atoms with E-state index in [0.29, 0.717) is 0 Å². The third-order valence-corrected chi connectivity index (χ3v) is 17.7. The first-order valence-electron chi connectivity index (χ1n) is 12.1.